The molecule has 1 saturated heterocycles. The van der Waals surface area contributed by atoms with E-state index in [1.807, 2.05) is 0 Å². The number of aromatic nitrogens is 2. The smallest absolute Gasteiger partial charge is 0.341 e. The van der Waals surface area contributed by atoms with Gasteiger partial charge in [0.05, 0.1) is 28.7 Å². The van der Waals surface area contributed by atoms with Crippen LogP contribution in [0.4, 0.5) is 13.2 Å². The molecule has 1 atom stereocenters. The number of hydrogen-bond acceptors (Lipinski definition) is 5. The number of carbonyl (C=O) groups is 2. The Kier molecular flexibility index (Phi) is 8.85. The van der Waals surface area contributed by atoms with Crippen LogP contribution in [-0.4, -0.2) is 64.3 Å². The van der Waals surface area contributed by atoms with Crippen molar-refractivity contribution < 1.29 is 22.8 Å². The summed E-state index contributed by atoms with van der Waals surface area (Å²) in [5.74, 6) is -0.235. The predicted octanol–water partition coefficient (Wildman–Crippen LogP) is 5.96. The summed E-state index contributed by atoms with van der Waals surface area (Å²) in [6, 6.07) is 9.42. The number of nitrogens with zero attached hydrogens (tertiary/aromatic N) is 4. The molecule has 0 saturated carbocycles. The third kappa shape index (κ3) is 6.59. The van der Waals surface area contributed by atoms with E-state index in [9.17, 15) is 22.8 Å². The second-order valence-corrected chi connectivity index (χ2v) is 10.7. The zero-order valence-electron chi connectivity index (χ0n) is 21.0. The van der Waals surface area contributed by atoms with E-state index in [0.717, 1.165) is 43.6 Å². The number of rotatable bonds is 9. The Bertz CT molecular complexity index is 1360. The minimum atomic E-state index is -4.54. The van der Waals surface area contributed by atoms with Crippen molar-refractivity contribution in [3.8, 4) is 0 Å². The molecule has 4 rings (SSSR count). The molecule has 1 amide bonds. The van der Waals surface area contributed by atoms with Crippen LogP contribution in [0, 0.1) is 0 Å². The van der Waals surface area contributed by atoms with Crippen molar-refractivity contribution >= 4 is 51.9 Å². The Hall–Kier alpha value is -2.82. The summed E-state index contributed by atoms with van der Waals surface area (Å²) >= 11 is 6.62. The normalized spacial score (nSPS) is 16.8. The van der Waals surface area contributed by atoms with Gasteiger partial charge in [-0.15, -0.1) is 0 Å². The highest BCUT2D eigenvalue weighted by Gasteiger charge is 2.33. The lowest BCUT2D eigenvalue weighted by Crippen LogP contribution is -2.33. The summed E-state index contributed by atoms with van der Waals surface area (Å²) in [5, 5.41) is 4.99. The Balaban J connectivity index is 1.53. The van der Waals surface area contributed by atoms with Gasteiger partial charge in [-0.3, -0.25) is 14.3 Å². The van der Waals surface area contributed by atoms with Crippen molar-refractivity contribution in [2.45, 2.75) is 38.0 Å². The predicted molar refractivity (Wildman–Crippen MR) is 146 cm³/mol. The number of likely N-dealkylation sites (tertiary alicyclic amines) is 1. The van der Waals surface area contributed by atoms with E-state index in [2.05, 4.69) is 17.0 Å². The van der Waals surface area contributed by atoms with E-state index in [-0.39, 0.29) is 23.0 Å². The summed E-state index contributed by atoms with van der Waals surface area (Å²) in [5.41, 5.74) is 1.20. The average molecular weight is 565 g/mol. The van der Waals surface area contributed by atoms with Crippen molar-refractivity contribution in [1.29, 1.82) is 0 Å². The van der Waals surface area contributed by atoms with E-state index in [1.54, 1.807) is 42.4 Å². The lowest BCUT2D eigenvalue weighted by Gasteiger charge is -2.23. The Morgan fingerprint density at radius 3 is 2.74 bits per heavy atom. The first kappa shape index (κ1) is 28.2. The molecule has 202 valence electrons. The minimum absolute atomic E-state index is 0.0119. The minimum Gasteiger partial charge on any atom is -0.341 e. The van der Waals surface area contributed by atoms with Crippen LogP contribution in [0.5, 0.6) is 0 Å². The molecular formula is C27H28ClF3N4O2S. The van der Waals surface area contributed by atoms with Gasteiger partial charge in [0, 0.05) is 30.0 Å². The van der Waals surface area contributed by atoms with E-state index < -0.39 is 11.7 Å². The van der Waals surface area contributed by atoms with Crippen LogP contribution in [0.3, 0.4) is 0 Å². The summed E-state index contributed by atoms with van der Waals surface area (Å²) in [7, 11) is 3.83. The molecule has 1 aliphatic heterocycles. The monoisotopic (exact) mass is 564 g/mol. The molecule has 2 aromatic carbocycles. The van der Waals surface area contributed by atoms with Crippen molar-refractivity contribution in [2.24, 2.45) is 0 Å². The fraction of sp³-hybridized carbons (Fsp3) is 0.370. The van der Waals surface area contributed by atoms with Gasteiger partial charge in [-0.1, -0.05) is 23.7 Å². The summed E-state index contributed by atoms with van der Waals surface area (Å²) in [6.07, 6.45) is 1.82. The van der Waals surface area contributed by atoms with Crippen LogP contribution in [0.15, 0.2) is 47.5 Å². The van der Waals surface area contributed by atoms with Gasteiger partial charge in [0.25, 0.3) is 5.91 Å². The average Bonchev–Trinajstić information content (AvgIpc) is 3.47. The summed E-state index contributed by atoms with van der Waals surface area (Å²) in [4.78, 5) is 28.6. The molecule has 1 unspecified atom stereocenters. The highest BCUT2D eigenvalue weighted by Crippen LogP contribution is 2.34. The SMILES string of the molecule is CN(CCC1CCCN1C)C(=O)C(=Cc1ccc2c(cnn2Cc2ccc(Cl)cc2C(F)(F)F)c1)SC=O. The molecule has 38 heavy (non-hydrogen) atoms. The lowest BCUT2D eigenvalue weighted by atomic mass is 10.1. The fourth-order valence-corrected chi connectivity index (χ4v) is 5.50. The summed E-state index contributed by atoms with van der Waals surface area (Å²) in [6.45, 7) is 1.56. The van der Waals surface area contributed by atoms with Crippen LogP contribution in [-0.2, 0) is 22.3 Å². The molecule has 0 aliphatic carbocycles. The number of hydrogen-bond donors (Lipinski definition) is 0. The maximum absolute atomic E-state index is 13.5. The van der Waals surface area contributed by atoms with Crippen LogP contribution in [0.1, 0.15) is 36.0 Å². The second-order valence-electron chi connectivity index (χ2n) is 9.43. The molecule has 0 radical (unpaired) electrons. The zero-order chi connectivity index (χ0) is 27.4. The molecule has 11 heteroatoms. The van der Waals surface area contributed by atoms with E-state index in [4.69, 9.17) is 11.6 Å². The number of halogens is 4. The standard InChI is InChI=1S/C27H28ClF3N4O2S/c1-33-10-3-4-22(33)9-11-34(2)26(37)25(38-17-36)13-18-5-8-24-20(12-18)15-32-35(24)16-19-6-7-21(28)14-23(19)27(29,30)31/h5-8,12-15,17,22H,3-4,9-11,16H2,1-2H3. The number of amides is 1. The molecule has 6 nitrogen and oxygen atoms in total. The molecular weight excluding hydrogens is 537 g/mol. The molecule has 1 aliphatic rings. The zero-order valence-corrected chi connectivity index (χ0v) is 22.6. The van der Waals surface area contributed by atoms with Gasteiger partial charge in [0.15, 0.2) is 5.62 Å². The van der Waals surface area contributed by atoms with Crippen LogP contribution in [0.2, 0.25) is 5.02 Å². The van der Waals surface area contributed by atoms with Gasteiger partial charge < -0.3 is 9.80 Å². The van der Waals surface area contributed by atoms with Gasteiger partial charge in [-0.25, -0.2) is 0 Å². The first-order valence-corrected chi connectivity index (χ1v) is 13.4. The first-order valence-electron chi connectivity index (χ1n) is 12.2. The van der Waals surface area contributed by atoms with Gasteiger partial charge in [0.2, 0.25) is 0 Å². The topological polar surface area (TPSA) is 58.4 Å². The van der Waals surface area contributed by atoms with E-state index >= 15 is 0 Å². The summed E-state index contributed by atoms with van der Waals surface area (Å²) < 4.78 is 42.0. The van der Waals surface area contributed by atoms with Crippen molar-refractivity contribution in [3.05, 3.63) is 69.2 Å². The van der Waals surface area contributed by atoms with Gasteiger partial charge >= 0.3 is 6.18 Å². The maximum Gasteiger partial charge on any atom is 0.416 e. The number of thioether (sulfide) groups is 1. The molecule has 0 N–H and O–H groups in total. The Morgan fingerprint density at radius 2 is 2.05 bits per heavy atom. The van der Waals surface area contributed by atoms with Crippen LogP contribution >= 0.6 is 23.4 Å². The van der Waals surface area contributed by atoms with Crippen molar-refractivity contribution in [1.82, 2.24) is 19.6 Å². The Labute approximate surface area is 228 Å². The van der Waals surface area contributed by atoms with Crippen LogP contribution < -0.4 is 0 Å². The molecule has 3 aromatic rings. The number of alkyl halides is 3. The third-order valence-corrected chi connectivity index (χ3v) is 7.74. The molecule has 1 aromatic heterocycles. The number of fused-ring (bicyclic) bond motifs is 1. The van der Waals surface area contributed by atoms with Gasteiger partial charge in [-0.05, 0) is 86.1 Å². The largest absolute Gasteiger partial charge is 0.416 e. The van der Waals surface area contributed by atoms with Crippen LogP contribution in [0.25, 0.3) is 17.0 Å². The third-order valence-electron chi connectivity index (χ3n) is 6.86. The highest BCUT2D eigenvalue weighted by molar-refractivity contribution is 8.16. The van der Waals surface area contributed by atoms with Crippen molar-refractivity contribution in [2.75, 3.05) is 27.2 Å². The second kappa shape index (κ2) is 11.9. The maximum atomic E-state index is 13.5. The molecule has 0 spiro atoms. The highest BCUT2D eigenvalue weighted by atomic mass is 35.5. The van der Waals surface area contributed by atoms with Crippen molar-refractivity contribution in [3.63, 3.8) is 0 Å². The fourth-order valence-electron chi connectivity index (χ4n) is 4.76. The molecule has 2 heterocycles. The Morgan fingerprint density at radius 1 is 1.26 bits per heavy atom. The molecule has 1 fully saturated rings. The van der Waals surface area contributed by atoms with E-state index in [1.165, 1.54) is 16.8 Å². The lowest BCUT2D eigenvalue weighted by molar-refractivity contribution is -0.138. The molecule has 0 bridgehead atoms. The van der Waals surface area contributed by atoms with Gasteiger partial charge in [-0.2, -0.15) is 18.3 Å². The number of benzene rings is 2. The van der Waals surface area contributed by atoms with E-state index in [0.29, 0.717) is 39.6 Å². The van der Waals surface area contributed by atoms with Gasteiger partial charge in [0.1, 0.15) is 0 Å². The number of likely N-dealkylation sites (N-methyl/N-ethyl adjacent to an activating group) is 1. The quantitative estimate of drug-likeness (QED) is 0.237. The first-order chi connectivity index (χ1) is 18.1. The number of carbonyl (C=O) groups excluding carboxylic acids is 2.